The standard InChI is InChI=1S/C11H23NS/c1-10(2)12(7-3-4-8-13)9-11-5-6-11/h10-11,13H,3-9H2,1-2H3. The molecular formula is C11H23NS. The van der Waals surface area contributed by atoms with Gasteiger partial charge in [0.2, 0.25) is 0 Å². The summed E-state index contributed by atoms with van der Waals surface area (Å²) in [7, 11) is 0. The van der Waals surface area contributed by atoms with Gasteiger partial charge in [-0.05, 0) is 57.7 Å². The van der Waals surface area contributed by atoms with Gasteiger partial charge < -0.3 is 4.90 Å². The Morgan fingerprint density at radius 2 is 2.00 bits per heavy atom. The predicted molar refractivity (Wildman–Crippen MR) is 62.5 cm³/mol. The molecule has 0 bridgehead atoms. The first-order valence-corrected chi connectivity index (χ1v) is 6.22. The van der Waals surface area contributed by atoms with Crippen molar-refractivity contribution < 1.29 is 0 Å². The van der Waals surface area contributed by atoms with Crippen LogP contribution in [0.25, 0.3) is 0 Å². The molecule has 13 heavy (non-hydrogen) atoms. The first-order valence-electron chi connectivity index (χ1n) is 5.59. The van der Waals surface area contributed by atoms with E-state index >= 15 is 0 Å². The van der Waals surface area contributed by atoms with E-state index in [1.165, 1.54) is 38.8 Å². The second-order valence-electron chi connectivity index (χ2n) is 4.46. The van der Waals surface area contributed by atoms with Gasteiger partial charge in [-0.1, -0.05) is 0 Å². The van der Waals surface area contributed by atoms with Gasteiger partial charge in [-0.15, -0.1) is 0 Å². The molecule has 1 rings (SSSR count). The molecule has 1 fully saturated rings. The Labute approximate surface area is 88.3 Å². The van der Waals surface area contributed by atoms with E-state index in [0.29, 0.717) is 0 Å². The highest BCUT2D eigenvalue weighted by Gasteiger charge is 2.24. The molecule has 0 aliphatic heterocycles. The molecule has 0 aromatic heterocycles. The normalized spacial score (nSPS) is 17.3. The monoisotopic (exact) mass is 201 g/mol. The molecule has 0 aromatic rings. The summed E-state index contributed by atoms with van der Waals surface area (Å²) in [5, 5.41) is 0. The number of hydrogen-bond donors (Lipinski definition) is 1. The summed E-state index contributed by atoms with van der Waals surface area (Å²) in [6, 6.07) is 0.723. The molecule has 0 spiro atoms. The van der Waals surface area contributed by atoms with Crippen LogP contribution < -0.4 is 0 Å². The lowest BCUT2D eigenvalue weighted by Crippen LogP contribution is -2.33. The smallest absolute Gasteiger partial charge is 0.00387 e. The van der Waals surface area contributed by atoms with Crippen LogP contribution >= 0.6 is 12.6 Å². The van der Waals surface area contributed by atoms with Gasteiger partial charge in [0.25, 0.3) is 0 Å². The van der Waals surface area contributed by atoms with Gasteiger partial charge in [-0.3, -0.25) is 0 Å². The number of rotatable bonds is 7. The van der Waals surface area contributed by atoms with E-state index in [4.69, 9.17) is 0 Å². The van der Waals surface area contributed by atoms with Crippen molar-refractivity contribution in [3.05, 3.63) is 0 Å². The number of unbranched alkanes of at least 4 members (excludes halogenated alkanes) is 1. The van der Waals surface area contributed by atoms with Crippen molar-refractivity contribution in [2.45, 2.75) is 45.6 Å². The van der Waals surface area contributed by atoms with E-state index in [1.54, 1.807) is 0 Å². The molecule has 1 nitrogen and oxygen atoms in total. The Morgan fingerprint density at radius 1 is 1.31 bits per heavy atom. The van der Waals surface area contributed by atoms with Crippen LogP contribution in [0.3, 0.4) is 0 Å². The van der Waals surface area contributed by atoms with Gasteiger partial charge in [0.1, 0.15) is 0 Å². The maximum Gasteiger partial charge on any atom is 0.00387 e. The third kappa shape index (κ3) is 4.92. The van der Waals surface area contributed by atoms with Crippen LogP contribution in [-0.2, 0) is 0 Å². The summed E-state index contributed by atoms with van der Waals surface area (Å²) in [6.45, 7) is 7.23. The van der Waals surface area contributed by atoms with Gasteiger partial charge in [0.05, 0.1) is 0 Å². The van der Waals surface area contributed by atoms with Gasteiger partial charge in [0.15, 0.2) is 0 Å². The summed E-state index contributed by atoms with van der Waals surface area (Å²) in [6.07, 6.45) is 5.51. The summed E-state index contributed by atoms with van der Waals surface area (Å²) >= 11 is 4.24. The van der Waals surface area contributed by atoms with E-state index in [0.717, 1.165) is 17.7 Å². The van der Waals surface area contributed by atoms with E-state index < -0.39 is 0 Å². The predicted octanol–water partition coefficient (Wildman–Crippen LogP) is 2.82. The summed E-state index contributed by atoms with van der Waals surface area (Å²) in [5.41, 5.74) is 0. The average Bonchev–Trinajstić information content (AvgIpc) is 2.86. The largest absolute Gasteiger partial charge is 0.301 e. The third-order valence-corrected chi connectivity index (χ3v) is 3.09. The van der Waals surface area contributed by atoms with Crippen LogP contribution in [0.4, 0.5) is 0 Å². The van der Waals surface area contributed by atoms with Crippen LogP contribution in [-0.4, -0.2) is 29.8 Å². The van der Waals surface area contributed by atoms with Crippen molar-refractivity contribution in [1.29, 1.82) is 0 Å². The van der Waals surface area contributed by atoms with E-state index in [-0.39, 0.29) is 0 Å². The average molecular weight is 201 g/mol. The topological polar surface area (TPSA) is 3.24 Å². The maximum absolute atomic E-state index is 4.24. The molecule has 0 radical (unpaired) electrons. The summed E-state index contributed by atoms with van der Waals surface area (Å²) < 4.78 is 0. The summed E-state index contributed by atoms with van der Waals surface area (Å²) in [4.78, 5) is 2.63. The quantitative estimate of drug-likeness (QED) is 0.490. The van der Waals surface area contributed by atoms with Gasteiger partial charge in [-0.25, -0.2) is 0 Å². The second kappa shape index (κ2) is 5.92. The number of thiol groups is 1. The molecule has 0 N–H and O–H groups in total. The molecule has 78 valence electrons. The second-order valence-corrected chi connectivity index (χ2v) is 4.91. The van der Waals surface area contributed by atoms with Crippen LogP contribution in [0.1, 0.15) is 39.5 Å². The minimum atomic E-state index is 0.723. The summed E-state index contributed by atoms with van der Waals surface area (Å²) in [5.74, 6) is 2.06. The van der Waals surface area contributed by atoms with Crippen LogP contribution in [0.15, 0.2) is 0 Å². The van der Waals surface area contributed by atoms with Crippen molar-refractivity contribution in [3.8, 4) is 0 Å². The lowest BCUT2D eigenvalue weighted by Gasteiger charge is -2.26. The van der Waals surface area contributed by atoms with E-state index in [2.05, 4.69) is 31.4 Å². The molecule has 0 aromatic carbocycles. The Hall–Kier alpha value is 0.310. The van der Waals surface area contributed by atoms with Crippen LogP contribution in [0.2, 0.25) is 0 Å². The molecule has 0 amide bonds. The maximum atomic E-state index is 4.24. The molecule has 0 unspecified atom stereocenters. The molecule has 0 saturated heterocycles. The van der Waals surface area contributed by atoms with Crippen LogP contribution in [0, 0.1) is 5.92 Å². The van der Waals surface area contributed by atoms with E-state index in [9.17, 15) is 0 Å². The zero-order valence-corrected chi connectivity index (χ0v) is 9.89. The first-order chi connectivity index (χ1) is 6.24. The highest BCUT2D eigenvalue weighted by molar-refractivity contribution is 7.80. The van der Waals surface area contributed by atoms with Gasteiger partial charge >= 0.3 is 0 Å². The third-order valence-electron chi connectivity index (χ3n) is 2.77. The Balaban J connectivity index is 2.12. The zero-order chi connectivity index (χ0) is 9.68. The van der Waals surface area contributed by atoms with Crippen molar-refractivity contribution in [2.24, 2.45) is 5.92 Å². The molecule has 2 heteroatoms. The lowest BCUT2D eigenvalue weighted by atomic mass is 10.2. The molecule has 0 atom stereocenters. The number of nitrogens with zero attached hydrogens (tertiary/aromatic N) is 1. The van der Waals surface area contributed by atoms with E-state index in [1.807, 2.05) is 0 Å². The lowest BCUT2D eigenvalue weighted by molar-refractivity contribution is 0.210. The van der Waals surface area contributed by atoms with Crippen LogP contribution in [0.5, 0.6) is 0 Å². The van der Waals surface area contributed by atoms with Crippen molar-refractivity contribution in [3.63, 3.8) is 0 Å². The first kappa shape index (κ1) is 11.4. The minimum absolute atomic E-state index is 0.723. The highest BCUT2D eigenvalue weighted by Crippen LogP contribution is 2.30. The zero-order valence-electron chi connectivity index (χ0n) is 9.00. The van der Waals surface area contributed by atoms with Crippen molar-refractivity contribution in [2.75, 3.05) is 18.8 Å². The minimum Gasteiger partial charge on any atom is -0.301 e. The fraction of sp³-hybridized carbons (Fsp3) is 1.00. The molecule has 1 saturated carbocycles. The van der Waals surface area contributed by atoms with Gasteiger partial charge in [0, 0.05) is 12.6 Å². The number of hydrogen-bond acceptors (Lipinski definition) is 2. The molecule has 1 aliphatic carbocycles. The molecular weight excluding hydrogens is 178 g/mol. The Bertz CT molecular complexity index is 132. The Kier molecular flexibility index (Phi) is 5.18. The highest BCUT2D eigenvalue weighted by atomic mass is 32.1. The molecule has 0 heterocycles. The molecule has 1 aliphatic rings. The Morgan fingerprint density at radius 3 is 2.46 bits per heavy atom. The SMILES string of the molecule is CC(C)N(CCCCS)CC1CC1. The van der Waals surface area contributed by atoms with Crippen molar-refractivity contribution >= 4 is 12.6 Å². The van der Waals surface area contributed by atoms with Gasteiger partial charge in [-0.2, -0.15) is 12.6 Å². The fourth-order valence-electron chi connectivity index (χ4n) is 1.62. The van der Waals surface area contributed by atoms with Crippen molar-refractivity contribution in [1.82, 2.24) is 4.90 Å². The fourth-order valence-corrected chi connectivity index (χ4v) is 1.84.